The molecule has 0 bridgehead atoms. The predicted octanol–water partition coefficient (Wildman–Crippen LogP) is 3.09. The highest BCUT2D eigenvalue weighted by Crippen LogP contribution is 2.21. The molecule has 0 spiro atoms. The van der Waals surface area contributed by atoms with E-state index >= 15 is 0 Å². The van der Waals surface area contributed by atoms with Gasteiger partial charge in [0.05, 0.1) is 0 Å². The third kappa shape index (κ3) is 4.32. The van der Waals surface area contributed by atoms with Crippen molar-refractivity contribution in [1.29, 1.82) is 0 Å². The highest BCUT2D eigenvalue weighted by Gasteiger charge is 2.10. The Balaban J connectivity index is 2.05. The molecule has 6 heteroatoms. The second-order valence-electron chi connectivity index (χ2n) is 4.80. The van der Waals surface area contributed by atoms with Crippen LogP contribution in [0, 0.1) is 0 Å². The fraction of sp³-hybridized carbons (Fsp3) is 0.400. The van der Waals surface area contributed by atoms with Gasteiger partial charge in [-0.05, 0) is 12.5 Å². The molecule has 0 amide bonds. The van der Waals surface area contributed by atoms with E-state index in [1.165, 1.54) is 31.0 Å². The molecule has 0 unspecified atom stereocenters. The van der Waals surface area contributed by atoms with E-state index in [1.54, 1.807) is 12.1 Å². The first-order chi connectivity index (χ1) is 10.2. The molecule has 0 fully saturated rings. The standard InChI is InChI=1S/C15H20N4OS/c1-2-3-4-7-10-21-15-17-14(20)13(18-19-15)11-8-5-6-9-12(11)16/h5-6,8-9H,2-4,7,10,16H2,1H3,(H,17,19,20). The van der Waals surface area contributed by atoms with Gasteiger partial charge in [0.15, 0.2) is 10.9 Å². The number of anilines is 1. The second-order valence-corrected chi connectivity index (χ2v) is 5.89. The molecular weight excluding hydrogens is 284 g/mol. The predicted molar refractivity (Wildman–Crippen MR) is 87.4 cm³/mol. The number of hydrogen-bond donors (Lipinski definition) is 2. The van der Waals surface area contributed by atoms with E-state index in [0.29, 0.717) is 16.4 Å². The SMILES string of the molecule is CCCCCCSc1nnc(-c2ccccc2N)c(=O)[nH]1. The zero-order valence-corrected chi connectivity index (χ0v) is 12.9. The second kappa shape index (κ2) is 7.83. The van der Waals surface area contributed by atoms with Crippen LogP contribution in [0.3, 0.4) is 0 Å². The molecule has 2 aromatic rings. The van der Waals surface area contributed by atoms with Crippen molar-refractivity contribution in [2.45, 2.75) is 37.8 Å². The van der Waals surface area contributed by atoms with Crippen molar-refractivity contribution in [3.8, 4) is 11.3 Å². The average Bonchev–Trinajstić information content (AvgIpc) is 2.48. The summed E-state index contributed by atoms with van der Waals surface area (Å²) in [7, 11) is 0. The van der Waals surface area contributed by atoms with Crippen LogP contribution in [-0.2, 0) is 0 Å². The van der Waals surface area contributed by atoms with Crippen LogP contribution >= 0.6 is 11.8 Å². The molecule has 3 N–H and O–H groups in total. The molecule has 1 aromatic heterocycles. The number of thioether (sulfide) groups is 1. The Labute approximate surface area is 128 Å². The molecule has 0 saturated carbocycles. The minimum Gasteiger partial charge on any atom is -0.398 e. The first-order valence-electron chi connectivity index (χ1n) is 7.17. The fourth-order valence-corrected chi connectivity index (χ4v) is 2.78. The molecule has 2 rings (SSSR count). The lowest BCUT2D eigenvalue weighted by atomic mass is 10.1. The van der Waals surface area contributed by atoms with Gasteiger partial charge >= 0.3 is 0 Å². The van der Waals surface area contributed by atoms with Gasteiger partial charge < -0.3 is 5.73 Å². The van der Waals surface area contributed by atoms with Crippen molar-refractivity contribution in [3.63, 3.8) is 0 Å². The number of nitrogen functional groups attached to an aromatic ring is 1. The Morgan fingerprint density at radius 2 is 2.00 bits per heavy atom. The summed E-state index contributed by atoms with van der Waals surface area (Å²) >= 11 is 1.53. The summed E-state index contributed by atoms with van der Waals surface area (Å²) in [6.07, 6.45) is 4.79. The zero-order chi connectivity index (χ0) is 15.1. The molecule has 0 aliphatic rings. The van der Waals surface area contributed by atoms with Crippen molar-refractivity contribution < 1.29 is 0 Å². The Kier molecular flexibility index (Phi) is 5.80. The number of H-pyrrole nitrogens is 1. The number of nitrogens with one attached hydrogen (secondary N) is 1. The quantitative estimate of drug-likeness (QED) is 0.466. The van der Waals surface area contributed by atoms with Crippen molar-refractivity contribution in [3.05, 3.63) is 34.6 Å². The highest BCUT2D eigenvalue weighted by molar-refractivity contribution is 7.99. The fourth-order valence-electron chi connectivity index (χ4n) is 1.97. The van der Waals surface area contributed by atoms with E-state index in [9.17, 15) is 4.79 Å². The smallest absolute Gasteiger partial charge is 0.278 e. The third-order valence-corrected chi connectivity index (χ3v) is 4.08. The summed E-state index contributed by atoms with van der Waals surface area (Å²) in [6.45, 7) is 2.18. The number of aromatic amines is 1. The van der Waals surface area contributed by atoms with Gasteiger partial charge in [-0.25, -0.2) is 0 Å². The monoisotopic (exact) mass is 304 g/mol. The highest BCUT2D eigenvalue weighted by atomic mass is 32.2. The molecule has 0 saturated heterocycles. The average molecular weight is 304 g/mol. The Bertz CT molecular complexity index is 642. The van der Waals surface area contributed by atoms with Crippen molar-refractivity contribution in [2.75, 3.05) is 11.5 Å². The summed E-state index contributed by atoms with van der Waals surface area (Å²) in [5.41, 5.74) is 7.02. The van der Waals surface area contributed by atoms with Crippen molar-refractivity contribution in [1.82, 2.24) is 15.2 Å². The number of nitrogens with two attached hydrogens (primary N) is 1. The first kappa shape index (κ1) is 15.6. The lowest BCUT2D eigenvalue weighted by Gasteiger charge is -2.04. The molecule has 0 aliphatic carbocycles. The summed E-state index contributed by atoms with van der Waals surface area (Å²) in [5, 5.41) is 8.67. The maximum absolute atomic E-state index is 12.1. The van der Waals surface area contributed by atoms with Crippen LogP contribution in [0.5, 0.6) is 0 Å². The van der Waals surface area contributed by atoms with Gasteiger partial charge in [0.2, 0.25) is 0 Å². The van der Waals surface area contributed by atoms with E-state index in [0.717, 1.165) is 12.2 Å². The van der Waals surface area contributed by atoms with E-state index in [1.807, 2.05) is 12.1 Å². The van der Waals surface area contributed by atoms with Gasteiger partial charge in [0.25, 0.3) is 5.56 Å². The van der Waals surface area contributed by atoms with E-state index in [4.69, 9.17) is 5.73 Å². The van der Waals surface area contributed by atoms with Crippen LogP contribution in [0.4, 0.5) is 5.69 Å². The van der Waals surface area contributed by atoms with E-state index in [2.05, 4.69) is 22.1 Å². The number of benzene rings is 1. The molecule has 0 aliphatic heterocycles. The number of para-hydroxylation sites is 1. The van der Waals surface area contributed by atoms with Gasteiger partial charge in [-0.3, -0.25) is 9.78 Å². The lowest BCUT2D eigenvalue weighted by molar-refractivity contribution is 0.705. The number of nitrogens with zero attached hydrogens (tertiary/aromatic N) is 2. The first-order valence-corrected chi connectivity index (χ1v) is 8.15. The maximum Gasteiger partial charge on any atom is 0.278 e. The van der Waals surface area contributed by atoms with Crippen LogP contribution < -0.4 is 11.3 Å². The normalized spacial score (nSPS) is 10.7. The zero-order valence-electron chi connectivity index (χ0n) is 12.1. The maximum atomic E-state index is 12.1. The molecule has 5 nitrogen and oxygen atoms in total. The van der Waals surface area contributed by atoms with Crippen molar-refractivity contribution in [2.24, 2.45) is 0 Å². The van der Waals surface area contributed by atoms with Gasteiger partial charge in [-0.1, -0.05) is 56.1 Å². The molecule has 0 atom stereocenters. The van der Waals surface area contributed by atoms with Crippen molar-refractivity contribution >= 4 is 17.4 Å². The molecular formula is C15H20N4OS. The summed E-state index contributed by atoms with van der Waals surface area (Å²) in [6, 6.07) is 7.16. The summed E-state index contributed by atoms with van der Waals surface area (Å²) in [5.74, 6) is 0.942. The molecule has 1 heterocycles. The lowest BCUT2D eigenvalue weighted by Crippen LogP contribution is -2.15. The van der Waals surface area contributed by atoms with Crippen LogP contribution in [0.1, 0.15) is 32.6 Å². The Morgan fingerprint density at radius 1 is 1.19 bits per heavy atom. The summed E-state index contributed by atoms with van der Waals surface area (Å²) in [4.78, 5) is 14.9. The largest absolute Gasteiger partial charge is 0.398 e. The van der Waals surface area contributed by atoms with Gasteiger partial charge in [0.1, 0.15) is 0 Å². The minimum atomic E-state index is -0.251. The number of rotatable bonds is 7. The molecule has 112 valence electrons. The Morgan fingerprint density at radius 3 is 2.71 bits per heavy atom. The number of unbranched alkanes of at least 4 members (excludes halogenated alkanes) is 3. The van der Waals surface area contributed by atoms with Gasteiger partial charge in [-0.15, -0.1) is 10.2 Å². The van der Waals surface area contributed by atoms with Gasteiger partial charge in [-0.2, -0.15) is 0 Å². The third-order valence-electron chi connectivity index (χ3n) is 3.13. The molecule has 1 aromatic carbocycles. The Hall–Kier alpha value is -1.82. The number of aromatic nitrogens is 3. The summed E-state index contributed by atoms with van der Waals surface area (Å²) < 4.78 is 0. The number of hydrogen-bond acceptors (Lipinski definition) is 5. The minimum absolute atomic E-state index is 0.251. The van der Waals surface area contributed by atoms with Crippen LogP contribution in [0.15, 0.2) is 34.2 Å². The van der Waals surface area contributed by atoms with Crippen LogP contribution in [-0.4, -0.2) is 20.9 Å². The van der Waals surface area contributed by atoms with E-state index < -0.39 is 0 Å². The van der Waals surface area contributed by atoms with Gasteiger partial charge in [0, 0.05) is 17.0 Å². The topological polar surface area (TPSA) is 84.7 Å². The molecule has 21 heavy (non-hydrogen) atoms. The van der Waals surface area contributed by atoms with Crippen LogP contribution in [0.25, 0.3) is 11.3 Å². The van der Waals surface area contributed by atoms with Crippen LogP contribution in [0.2, 0.25) is 0 Å². The molecule has 0 radical (unpaired) electrons. The van der Waals surface area contributed by atoms with E-state index in [-0.39, 0.29) is 11.3 Å².